The van der Waals surface area contributed by atoms with Gasteiger partial charge in [-0.25, -0.2) is 0 Å². The number of hydrogen-bond acceptors (Lipinski definition) is 3. The van der Waals surface area contributed by atoms with Crippen molar-refractivity contribution in [3.63, 3.8) is 0 Å². The summed E-state index contributed by atoms with van der Waals surface area (Å²) in [5.74, 6) is 2.60. The number of nitrogens with zero attached hydrogens (tertiary/aromatic N) is 1. The summed E-state index contributed by atoms with van der Waals surface area (Å²) in [6.07, 6.45) is 7.44. The molecule has 4 heteroatoms. The van der Waals surface area contributed by atoms with E-state index in [4.69, 9.17) is 4.52 Å². The third kappa shape index (κ3) is 3.29. The molecule has 3 aromatic rings. The first-order chi connectivity index (χ1) is 15.1. The SMILES string of the molecule is Cc1noc(C(=O)NC23CC4CC(CC(C4)C2)C3)c1-c1ccc(-c2ccccc2)cc1. The Bertz CT molecular complexity index is 1080. The van der Waals surface area contributed by atoms with Crippen LogP contribution in [0, 0.1) is 24.7 Å². The number of amides is 1. The Labute approximate surface area is 183 Å². The van der Waals surface area contributed by atoms with Gasteiger partial charge in [0.15, 0.2) is 0 Å². The summed E-state index contributed by atoms with van der Waals surface area (Å²) >= 11 is 0. The molecule has 4 saturated carbocycles. The first kappa shape index (κ1) is 18.9. The molecule has 1 aromatic heterocycles. The molecule has 0 aliphatic heterocycles. The zero-order chi connectivity index (χ0) is 21.0. The van der Waals surface area contributed by atoms with Crippen molar-refractivity contribution < 1.29 is 9.32 Å². The predicted molar refractivity (Wildman–Crippen MR) is 120 cm³/mol. The minimum atomic E-state index is -0.107. The minimum absolute atomic E-state index is 0.0407. The molecule has 4 bridgehead atoms. The summed E-state index contributed by atoms with van der Waals surface area (Å²) in [5.41, 5.74) is 4.81. The van der Waals surface area contributed by atoms with Crippen molar-refractivity contribution in [1.82, 2.24) is 10.5 Å². The van der Waals surface area contributed by atoms with Crippen LogP contribution in [0.5, 0.6) is 0 Å². The number of aryl methyl sites for hydroxylation is 1. The summed E-state index contributed by atoms with van der Waals surface area (Å²) in [6, 6.07) is 18.6. The Morgan fingerprint density at radius 2 is 1.42 bits per heavy atom. The first-order valence-corrected chi connectivity index (χ1v) is 11.5. The molecular weight excluding hydrogens is 384 g/mol. The molecule has 7 rings (SSSR count). The Morgan fingerprint density at radius 3 is 2.03 bits per heavy atom. The maximum Gasteiger partial charge on any atom is 0.290 e. The molecule has 1 heterocycles. The van der Waals surface area contributed by atoms with Crippen LogP contribution in [0.1, 0.15) is 54.8 Å². The van der Waals surface area contributed by atoms with Crippen molar-refractivity contribution >= 4 is 5.91 Å². The van der Waals surface area contributed by atoms with Crippen molar-refractivity contribution in [2.45, 2.75) is 51.0 Å². The van der Waals surface area contributed by atoms with Gasteiger partial charge in [0.2, 0.25) is 5.76 Å². The number of nitrogens with one attached hydrogen (secondary N) is 1. The zero-order valence-electron chi connectivity index (χ0n) is 17.9. The van der Waals surface area contributed by atoms with E-state index >= 15 is 0 Å². The van der Waals surface area contributed by atoms with E-state index < -0.39 is 0 Å². The molecule has 0 unspecified atom stereocenters. The molecular formula is C27H28N2O2. The van der Waals surface area contributed by atoms with Gasteiger partial charge in [-0.05, 0) is 79.9 Å². The van der Waals surface area contributed by atoms with E-state index in [9.17, 15) is 4.79 Å². The molecule has 2 aromatic carbocycles. The Morgan fingerprint density at radius 1 is 0.871 bits per heavy atom. The van der Waals surface area contributed by atoms with Gasteiger partial charge in [-0.2, -0.15) is 0 Å². The van der Waals surface area contributed by atoms with Gasteiger partial charge < -0.3 is 9.84 Å². The van der Waals surface area contributed by atoms with Crippen LogP contribution in [0.3, 0.4) is 0 Å². The van der Waals surface area contributed by atoms with Gasteiger partial charge in [0.25, 0.3) is 5.91 Å². The highest BCUT2D eigenvalue weighted by molar-refractivity contribution is 5.99. The number of carbonyl (C=O) groups excluding carboxylic acids is 1. The molecule has 158 valence electrons. The van der Waals surface area contributed by atoms with Crippen molar-refractivity contribution in [2.75, 3.05) is 0 Å². The molecule has 4 fully saturated rings. The van der Waals surface area contributed by atoms with E-state index in [1.807, 2.05) is 25.1 Å². The van der Waals surface area contributed by atoms with Crippen molar-refractivity contribution in [1.29, 1.82) is 0 Å². The van der Waals surface area contributed by atoms with Gasteiger partial charge in [0.05, 0.1) is 11.3 Å². The number of hydrogen-bond donors (Lipinski definition) is 1. The molecule has 0 saturated heterocycles. The fourth-order valence-corrected chi connectivity index (χ4v) is 6.89. The monoisotopic (exact) mass is 412 g/mol. The average molecular weight is 413 g/mol. The zero-order valence-corrected chi connectivity index (χ0v) is 17.9. The van der Waals surface area contributed by atoms with Crippen molar-refractivity contribution in [3.05, 3.63) is 66.1 Å². The van der Waals surface area contributed by atoms with Gasteiger partial charge in [0.1, 0.15) is 0 Å². The summed E-state index contributed by atoms with van der Waals surface area (Å²) in [6.45, 7) is 1.91. The largest absolute Gasteiger partial charge is 0.350 e. The molecule has 4 nitrogen and oxygen atoms in total. The second-order valence-corrected chi connectivity index (χ2v) is 10.1. The minimum Gasteiger partial charge on any atom is -0.350 e. The van der Waals surface area contributed by atoms with Crippen LogP contribution < -0.4 is 5.32 Å². The van der Waals surface area contributed by atoms with E-state index in [1.165, 1.54) is 24.8 Å². The Hall–Kier alpha value is -2.88. The highest BCUT2D eigenvalue weighted by Crippen LogP contribution is 2.55. The fraction of sp³-hybridized carbons (Fsp3) is 0.407. The molecule has 31 heavy (non-hydrogen) atoms. The standard InChI is InChI=1S/C27H28N2O2/c1-17-24(23-9-7-22(8-10-23)21-5-3-2-4-6-21)25(31-29-17)26(30)28-27-14-18-11-19(15-27)13-20(12-18)16-27/h2-10,18-20H,11-16H2,1H3,(H,28,30). The average Bonchev–Trinajstić information content (AvgIpc) is 3.15. The van der Waals surface area contributed by atoms with E-state index in [2.05, 4.69) is 46.9 Å². The van der Waals surface area contributed by atoms with Crippen LogP contribution in [0.4, 0.5) is 0 Å². The number of aromatic nitrogens is 1. The normalized spacial score (nSPS) is 28.6. The van der Waals surface area contributed by atoms with Crippen molar-refractivity contribution in [2.24, 2.45) is 17.8 Å². The lowest BCUT2D eigenvalue weighted by atomic mass is 9.53. The highest BCUT2D eigenvalue weighted by Gasteiger charge is 2.51. The summed E-state index contributed by atoms with van der Waals surface area (Å²) in [4.78, 5) is 13.4. The fourth-order valence-electron chi connectivity index (χ4n) is 6.89. The second kappa shape index (κ2) is 7.08. The molecule has 0 radical (unpaired) electrons. The molecule has 0 atom stereocenters. The van der Waals surface area contributed by atoms with E-state index in [0.717, 1.165) is 59.4 Å². The summed E-state index contributed by atoms with van der Waals surface area (Å²) in [5, 5.41) is 7.58. The van der Waals surface area contributed by atoms with Gasteiger partial charge in [-0.3, -0.25) is 4.79 Å². The smallest absolute Gasteiger partial charge is 0.290 e. The van der Waals surface area contributed by atoms with Crippen LogP contribution >= 0.6 is 0 Å². The molecule has 0 spiro atoms. The van der Waals surface area contributed by atoms with Gasteiger partial charge in [-0.15, -0.1) is 0 Å². The van der Waals surface area contributed by atoms with Gasteiger partial charge in [0, 0.05) is 5.54 Å². The van der Waals surface area contributed by atoms with Gasteiger partial charge >= 0.3 is 0 Å². The number of benzene rings is 2. The lowest BCUT2D eigenvalue weighted by molar-refractivity contribution is -0.0172. The van der Waals surface area contributed by atoms with Crippen LogP contribution in [0.2, 0.25) is 0 Å². The van der Waals surface area contributed by atoms with Crippen LogP contribution in [0.25, 0.3) is 22.3 Å². The molecule has 4 aliphatic carbocycles. The molecule has 4 aliphatic rings. The van der Waals surface area contributed by atoms with Crippen LogP contribution in [0.15, 0.2) is 59.1 Å². The highest BCUT2D eigenvalue weighted by atomic mass is 16.5. The molecule has 1 amide bonds. The van der Waals surface area contributed by atoms with E-state index in [0.29, 0.717) is 5.76 Å². The number of carbonyl (C=O) groups is 1. The predicted octanol–water partition coefficient (Wildman–Crippen LogP) is 6.02. The van der Waals surface area contributed by atoms with Gasteiger partial charge in [-0.1, -0.05) is 59.8 Å². The van der Waals surface area contributed by atoms with E-state index in [1.54, 1.807) is 0 Å². The summed E-state index contributed by atoms with van der Waals surface area (Å²) < 4.78 is 5.58. The first-order valence-electron chi connectivity index (χ1n) is 11.5. The van der Waals surface area contributed by atoms with Crippen LogP contribution in [-0.4, -0.2) is 16.6 Å². The Balaban J connectivity index is 1.28. The van der Waals surface area contributed by atoms with E-state index in [-0.39, 0.29) is 11.4 Å². The summed E-state index contributed by atoms with van der Waals surface area (Å²) in [7, 11) is 0. The van der Waals surface area contributed by atoms with Crippen LogP contribution in [-0.2, 0) is 0 Å². The quantitative estimate of drug-likeness (QED) is 0.570. The maximum atomic E-state index is 13.4. The number of rotatable bonds is 4. The third-order valence-corrected chi connectivity index (χ3v) is 7.77. The Kier molecular flexibility index (Phi) is 4.31. The van der Waals surface area contributed by atoms with Crippen molar-refractivity contribution in [3.8, 4) is 22.3 Å². The lowest BCUT2D eigenvalue weighted by Gasteiger charge is -2.56. The topological polar surface area (TPSA) is 55.1 Å². The lowest BCUT2D eigenvalue weighted by Crippen LogP contribution is -2.59. The molecule has 1 N–H and O–H groups in total. The third-order valence-electron chi connectivity index (χ3n) is 7.77. The second-order valence-electron chi connectivity index (χ2n) is 10.1. The maximum absolute atomic E-state index is 13.4.